The largest absolute Gasteiger partial charge is 0.494 e. The molecule has 0 spiro atoms. The summed E-state index contributed by atoms with van der Waals surface area (Å²) >= 11 is 0.746. The Morgan fingerprint density at radius 3 is 2.68 bits per heavy atom. The van der Waals surface area contributed by atoms with Crippen molar-refractivity contribution in [1.82, 2.24) is 14.9 Å². The number of halogens is 2. The molecule has 1 aliphatic carbocycles. The number of hydrogen-bond acceptors (Lipinski definition) is 8. The van der Waals surface area contributed by atoms with E-state index in [1.165, 1.54) is 19.4 Å². The average molecular weight is 542 g/mol. The van der Waals surface area contributed by atoms with Crippen molar-refractivity contribution in [3.8, 4) is 28.7 Å². The van der Waals surface area contributed by atoms with Crippen LogP contribution in [0.15, 0.2) is 29.5 Å². The summed E-state index contributed by atoms with van der Waals surface area (Å²) in [5.41, 5.74) is 5.74. The number of nitrogens with two attached hydrogens (primary N) is 1. The first-order valence-electron chi connectivity index (χ1n) is 11.6. The standard InChI is InChI=1S/C25H25F2N7O3S/c1-33-7-8-34(13-22(33)35)21-10-15(16-9-18(23(26)27)30-12-19(16)37-2)17(11-31-21)24(36)32-25(29)38-20(28)6-5-14-3-4-14/h9-12,14,23,28H,3-4,7-8,13H2,1-2H3,(H2,29,32,36). The van der Waals surface area contributed by atoms with Crippen molar-refractivity contribution < 1.29 is 23.1 Å². The molecule has 2 amide bonds. The molecule has 2 aliphatic rings. The van der Waals surface area contributed by atoms with Crippen LogP contribution in [0.1, 0.15) is 35.3 Å². The van der Waals surface area contributed by atoms with Crippen LogP contribution in [0, 0.1) is 23.2 Å². The lowest BCUT2D eigenvalue weighted by molar-refractivity contribution is -0.129. The number of carbonyl (C=O) groups excluding carboxylic acids is 2. The normalized spacial score (nSPS) is 15.8. The van der Waals surface area contributed by atoms with Gasteiger partial charge in [0.1, 0.15) is 22.3 Å². The predicted molar refractivity (Wildman–Crippen MR) is 141 cm³/mol. The maximum Gasteiger partial charge on any atom is 0.281 e. The maximum absolute atomic E-state index is 13.5. The van der Waals surface area contributed by atoms with Gasteiger partial charge in [-0.2, -0.15) is 4.99 Å². The number of methoxy groups -OCH3 is 1. The molecular formula is C25H25F2N7O3S. The number of pyridine rings is 2. The summed E-state index contributed by atoms with van der Waals surface area (Å²) in [6.45, 7) is 1.03. The summed E-state index contributed by atoms with van der Waals surface area (Å²) in [7, 11) is 3.05. The van der Waals surface area contributed by atoms with Gasteiger partial charge in [-0.1, -0.05) is 5.92 Å². The first-order chi connectivity index (χ1) is 18.2. The van der Waals surface area contributed by atoms with Crippen LogP contribution < -0.4 is 15.4 Å². The quantitative estimate of drug-likeness (QED) is 0.335. The molecule has 0 unspecified atom stereocenters. The fraction of sp³-hybridized carbons (Fsp3) is 0.360. The number of aliphatic imine (C=N–C) groups is 1. The molecule has 0 radical (unpaired) electrons. The molecule has 1 aliphatic heterocycles. The average Bonchev–Trinajstić information content (AvgIpc) is 3.73. The van der Waals surface area contributed by atoms with Crippen LogP contribution in [0.25, 0.3) is 11.1 Å². The SMILES string of the molecule is COc1cnc(C(F)F)cc1-c1cc(N2CCN(C)C(=O)C2)ncc1C(=O)N=C(N)SC(=N)C#CC1CC1. The van der Waals surface area contributed by atoms with Crippen LogP contribution in [0.3, 0.4) is 0 Å². The van der Waals surface area contributed by atoms with Gasteiger partial charge in [0, 0.05) is 43.4 Å². The lowest BCUT2D eigenvalue weighted by Gasteiger charge is -2.33. The topological polar surface area (TPSA) is 138 Å². The van der Waals surface area contributed by atoms with Crippen molar-refractivity contribution in [2.75, 3.05) is 38.7 Å². The molecule has 10 nitrogen and oxygen atoms in total. The van der Waals surface area contributed by atoms with Crippen LogP contribution >= 0.6 is 11.8 Å². The van der Waals surface area contributed by atoms with Gasteiger partial charge in [0.05, 0.1) is 25.4 Å². The zero-order valence-electron chi connectivity index (χ0n) is 20.7. The van der Waals surface area contributed by atoms with Crippen LogP contribution in [-0.2, 0) is 4.79 Å². The first-order valence-corrected chi connectivity index (χ1v) is 12.5. The number of amidine groups is 1. The molecule has 38 heavy (non-hydrogen) atoms. The molecule has 0 aromatic carbocycles. The minimum atomic E-state index is -2.86. The van der Waals surface area contributed by atoms with Crippen molar-refractivity contribution in [3.05, 3.63) is 35.8 Å². The molecule has 2 aromatic heterocycles. The van der Waals surface area contributed by atoms with Gasteiger partial charge in [-0.3, -0.25) is 20.0 Å². The summed E-state index contributed by atoms with van der Waals surface area (Å²) in [6.07, 6.45) is 1.57. The van der Waals surface area contributed by atoms with Gasteiger partial charge in [0.2, 0.25) is 5.91 Å². The molecule has 13 heteroatoms. The third kappa shape index (κ3) is 6.44. The van der Waals surface area contributed by atoms with Gasteiger partial charge in [-0.05, 0) is 42.7 Å². The number of nitrogens with one attached hydrogen (secondary N) is 1. The Balaban J connectivity index is 1.73. The highest BCUT2D eigenvalue weighted by atomic mass is 32.2. The second-order valence-electron chi connectivity index (χ2n) is 8.67. The second-order valence-corrected chi connectivity index (χ2v) is 9.70. The number of amides is 2. The monoisotopic (exact) mass is 541 g/mol. The molecule has 3 N–H and O–H groups in total. The summed E-state index contributed by atoms with van der Waals surface area (Å²) in [4.78, 5) is 40.8. The Kier molecular flexibility index (Phi) is 8.21. The molecule has 3 heterocycles. The summed E-state index contributed by atoms with van der Waals surface area (Å²) in [6, 6.07) is 2.67. The zero-order chi connectivity index (χ0) is 27.4. The van der Waals surface area contributed by atoms with E-state index >= 15 is 0 Å². The van der Waals surface area contributed by atoms with Gasteiger partial charge >= 0.3 is 0 Å². The molecular weight excluding hydrogens is 516 g/mol. The van der Waals surface area contributed by atoms with Crippen molar-refractivity contribution in [3.63, 3.8) is 0 Å². The number of alkyl halides is 2. The van der Waals surface area contributed by atoms with Crippen LogP contribution in [0.5, 0.6) is 5.75 Å². The molecule has 0 atom stereocenters. The van der Waals surface area contributed by atoms with Crippen LogP contribution in [-0.4, -0.2) is 70.7 Å². The van der Waals surface area contributed by atoms with Gasteiger partial charge in [-0.25, -0.2) is 13.8 Å². The van der Waals surface area contributed by atoms with Gasteiger partial charge in [0.15, 0.2) is 5.17 Å². The molecule has 2 aromatic rings. The second kappa shape index (κ2) is 11.6. The van der Waals surface area contributed by atoms with Gasteiger partial charge < -0.3 is 20.3 Å². The Hall–Kier alpha value is -4.05. The van der Waals surface area contributed by atoms with E-state index in [2.05, 4.69) is 26.8 Å². The number of aromatic nitrogens is 2. The van der Waals surface area contributed by atoms with Gasteiger partial charge in [0.25, 0.3) is 12.3 Å². The van der Waals surface area contributed by atoms with E-state index in [9.17, 15) is 18.4 Å². The third-order valence-corrected chi connectivity index (χ3v) is 6.52. The highest BCUT2D eigenvalue weighted by Crippen LogP contribution is 2.36. The number of piperazine rings is 1. The number of anilines is 1. The highest BCUT2D eigenvalue weighted by Gasteiger charge is 2.26. The van der Waals surface area contributed by atoms with Gasteiger partial charge in [-0.15, -0.1) is 0 Å². The van der Waals surface area contributed by atoms with Crippen LogP contribution in [0.4, 0.5) is 14.6 Å². The molecule has 198 valence electrons. The minimum absolute atomic E-state index is 0.0296. The predicted octanol–water partition coefficient (Wildman–Crippen LogP) is 2.95. The third-order valence-electron chi connectivity index (χ3n) is 5.91. The number of nitrogens with zero attached hydrogens (tertiary/aromatic N) is 5. The number of hydrogen-bond donors (Lipinski definition) is 2. The van der Waals surface area contributed by atoms with E-state index in [1.54, 1.807) is 16.8 Å². The smallest absolute Gasteiger partial charge is 0.281 e. The molecule has 4 rings (SSSR count). The van der Waals surface area contributed by atoms with E-state index in [-0.39, 0.29) is 45.1 Å². The lowest BCUT2D eigenvalue weighted by Crippen LogP contribution is -2.48. The molecule has 0 bridgehead atoms. The van der Waals surface area contributed by atoms with Crippen LogP contribution in [0.2, 0.25) is 0 Å². The number of rotatable bonds is 5. The summed E-state index contributed by atoms with van der Waals surface area (Å²) < 4.78 is 32.4. The Morgan fingerprint density at radius 1 is 1.26 bits per heavy atom. The molecule has 1 saturated carbocycles. The van der Waals surface area contributed by atoms with Crippen molar-refractivity contribution >= 4 is 39.6 Å². The van der Waals surface area contributed by atoms with E-state index in [1.807, 2.05) is 0 Å². The number of likely N-dealkylation sites (N-methyl/N-ethyl adjacent to an activating group) is 1. The minimum Gasteiger partial charge on any atom is -0.494 e. The zero-order valence-corrected chi connectivity index (χ0v) is 21.5. The van der Waals surface area contributed by atoms with E-state index in [0.29, 0.717) is 24.8 Å². The summed E-state index contributed by atoms with van der Waals surface area (Å²) in [5, 5.41) is 7.69. The van der Waals surface area contributed by atoms with E-state index < -0.39 is 18.0 Å². The summed E-state index contributed by atoms with van der Waals surface area (Å²) in [5.74, 6) is 5.55. The number of ether oxygens (including phenoxy) is 1. The fourth-order valence-corrected chi connectivity index (χ4v) is 4.07. The molecule has 1 saturated heterocycles. The first kappa shape index (κ1) is 27.0. The van der Waals surface area contributed by atoms with E-state index in [4.69, 9.17) is 15.9 Å². The Bertz CT molecular complexity index is 1370. The number of carbonyl (C=O) groups is 2. The Morgan fingerprint density at radius 2 is 2.03 bits per heavy atom. The van der Waals surface area contributed by atoms with Crippen molar-refractivity contribution in [2.45, 2.75) is 19.3 Å². The number of thioether (sulfide) groups is 1. The highest BCUT2D eigenvalue weighted by molar-refractivity contribution is 8.26. The lowest BCUT2D eigenvalue weighted by atomic mass is 10.00. The fourth-order valence-electron chi connectivity index (χ4n) is 3.62. The van der Waals surface area contributed by atoms with Crippen molar-refractivity contribution in [1.29, 1.82) is 5.41 Å². The Labute approximate surface area is 222 Å². The molecule has 2 fully saturated rings. The van der Waals surface area contributed by atoms with Crippen molar-refractivity contribution in [2.24, 2.45) is 16.6 Å². The van der Waals surface area contributed by atoms with E-state index in [0.717, 1.165) is 36.9 Å². The maximum atomic E-state index is 13.5.